The van der Waals surface area contributed by atoms with Crippen molar-refractivity contribution in [3.05, 3.63) is 27.9 Å². The minimum absolute atomic E-state index is 0.268. The lowest BCUT2D eigenvalue weighted by Gasteiger charge is -2.27. The standard InChI is InChI=1S/C9H8F3N3O5/c1-8(7(17)18,9(10,11)12)14-6(16)4-2-3-5(13-4)15(19)20/h2-3,13H,1H3,(H,14,16)(H,17,18). The molecule has 1 heterocycles. The van der Waals surface area contributed by atoms with Gasteiger partial charge in [0.2, 0.25) is 5.54 Å². The molecule has 1 amide bonds. The van der Waals surface area contributed by atoms with E-state index in [1.807, 2.05) is 4.98 Å². The molecule has 1 unspecified atom stereocenters. The van der Waals surface area contributed by atoms with Crippen molar-refractivity contribution in [2.24, 2.45) is 0 Å². The largest absolute Gasteiger partial charge is 0.479 e. The molecule has 0 aliphatic rings. The molecule has 0 aromatic carbocycles. The Hall–Kier alpha value is -2.59. The molecule has 0 fully saturated rings. The van der Waals surface area contributed by atoms with Crippen molar-refractivity contribution in [2.75, 3.05) is 0 Å². The maximum absolute atomic E-state index is 12.7. The molecule has 0 aliphatic carbocycles. The second-order valence-electron chi connectivity index (χ2n) is 3.90. The number of hydrogen-bond donors (Lipinski definition) is 3. The fraction of sp³-hybridized carbons (Fsp3) is 0.333. The Morgan fingerprint density at radius 2 is 1.95 bits per heavy atom. The topological polar surface area (TPSA) is 125 Å². The first-order valence-electron chi connectivity index (χ1n) is 4.95. The molecule has 20 heavy (non-hydrogen) atoms. The Labute approximate surface area is 108 Å². The minimum atomic E-state index is -5.24. The number of carbonyl (C=O) groups excluding carboxylic acids is 1. The van der Waals surface area contributed by atoms with Crippen LogP contribution >= 0.6 is 0 Å². The molecule has 0 radical (unpaired) electrons. The van der Waals surface area contributed by atoms with Crippen LogP contribution in [0.2, 0.25) is 0 Å². The summed E-state index contributed by atoms with van der Waals surface area (Å²) in [6.45, 7) is 0.268. The van der Waals surface area contributed by atoms with Gasteiger partial charge in [-0.3, -0.25) is 4.79 Å². The summed E-state index contributed by atoms with van der Waals surface area (Å²) in [6, 6.07) is 1.73. The van der Waals surface area contributed by atoms with Crippen LogP contribution in [0.15, 0.2) is 12.1 Å². The number of alkyl halides is 3. The predicted octanol–water partition coefficient (Wildman–Crippen LogP) is 1.06. The van der Waals surface area contributed by atoms with Crippen LogP contribution in [-0.4, -0.2) is 38.6 Å². The maximum atomic E-state index is 12.7. The molecule has 0 aliphatic heterocycles. The van der Waals surface area contributed by atoms with Gasteiger partial charge in [-0.2, -0.15) is 13.2 Å². The van der Waals surface area contributed by atoms with E-state index in [4.69, 9.17) is 5.11 Å². The number of carboxylic acid groups (broad SMARTS) is 1. The van der Waals surface area contributed by atoms with E-state index in [0.717, 1.165) is 12.1 Å². The number of rotatable bonds is 4. The summed E-state index contributed by atoms with van der Waals surface area (Å²) in [5.74, 6) is -4.35. The highest BCUT2D eigenvalue weighted by Gasteiger charge is 2.58. The first kappa shape index (κ1) is 15.5. The number of hydrogen-bond acceptors (Lipinski definition) is 4. The highest BCUT2D eigenvalue weighted by Crippen LogP contribution is 2.30. The molecule has 0 saturated heterocycles. The number of amides is 1. The monoisotopic (exact) mass is 295 g/mol. The fourth-order valence-electron chi connectivity index (χ4n) is 1.16. The second-order valence-corrected chi connectivity index (χ2v) is 3.90. The van der Waals surface area contributed by atoms with Crippen molar-refractivity contribution >= 4 is 17.7 Å². The molecule has 8 nitrogen and oxygen atoms in total. The van der Waals surface area contributed by atoms with E-state index >= 15 is 0 Å². The summed E-state index contributed by atoms with van der Waals surface area (Å²) < 4.78 is 38.0. The van der Waals surface area contributed by atoms with Crippen LogP contribution in [0.4, 0.5) is 19.0 Å². The molecule has 0 spiro atoms. The van der Waals surface area contributed by atoms with E-state index in [0.29, 0.717) is 0 Å². The summed E-state index contributed by atoms with van der Waals surface area (Å²) in [7, 11) is 0. The van der Waals surface area contributed by atoms with Crippen LogP contribution in [-0.2, 0) is 4.79 Å². The van der Waals surface area contributed by atoms with Gasteiger partial charge in [-0.25, -0.2) is 9.78 Å². The van der Waals surface area contributed by atoms with Crippen LogP contribution in [0.1, 0.15) is 17.4 Å². The Morgan fingerprint density at radius 3 is 2.30 bits per heavy atom. The first-order valence-corrected chi connectivity index (χ1v) is 4.95. The molecule has 3 N–H and O–H groups in total. The van der Waals surface area contributed by atoms with Gasteiger partial charge in [0.15, 0.2) is 5.69 Å². The van der Waals surface area contributed by atoms with Gasteiger partial charge in [-0.1, -0.05) is 0 Å². The first-order chi connectivity index (χ1) is 8.99. The van der Waals surface area contributed by atoms with E-state index < -0.39 is 40.0 Å². The summed E-state index contributed by atoms with van der Waals surface area (Å²) in [5.41, 5.74) is -4.07. The van der Waals surface area contributed by atoms with Gasteiger partial charge in [-0.15, -0.1) is 0 Å². The smallest absolute Gasteiger partial charge is 0.422 e. The number of halogens is 3. The Balaban J connectivity index is 3.03. The SMILES string of the molecule is CC(NC(=O)c1ccc([N+](=O)[O-])[nH]1)(C(=O)O)C(F)(F)F. The highest BCUT2D eigenvalue weighted by atomic mass is 19.4. The normalized spacial score (nSPS) is 14.4. The lowest BCUT2D eigenvalue weighted by molar-refractivity contribution is -0.389. The van der Waals surface area contributed by atoms with Crippen LogP contribution in [0.3, 0.4) is 0 Å². The van der Waals surface area contributed by atoms with Crippen LogP contribution < -0.4 is 5.32 Å². The van der Waals surface area contributed by atoms with Crippen LogP contribution in [0.5, 0.6) is 0 Å². The Bertz CT molecular complexity index is 567. The third kappa shape index (κ3) is 2.70. The Kier molecular flexibility index (Phi) is 3.73. The third-order valence-corrected chi connectivity index (χ3v) is 2.47. The van der Waals surface area contributed by atoms with Crippen molar-refractivity contribution in [1.29, 1.82) is 0 Å². The minimum Gasteiger partial charge on any atom is -0.479 e. The van der Waals surface area contributed by atoms with E-state index in [-0.39, 0.29) is 6.92 Å². The van der Waals surface area contributed by atoms with Gasteiger partial charge in [0.25, 0.3) is 5.91 Å². The maximum Gasteiger partial charge on any atom is 0.422 e. The molecule has 11 heteroatoms. The molecule has 1 aromatic rings. The zero-order valence-corrected chi connectivity index (χ0v) is 9.82. The Morgan fingerprint density at radius 1 is 1.40 bits per heavy atom. The van der Waals surface area contributed by atoms with E-state index in [2.05, 4.69) is 0 Å². The second kappa shape index (κ2) is 4.83. The molecule has 110 valence electrons. The van der Waals surface area contributed by atoms with E-state index in [1.165, 1.54) is 5.32 Å². The van der Waals surface area contributed by atoms with Gasteiger partial charge in [0.1, 0.15) is 0 Å². The summed E-state index contributed by atoms with van der Waals surface area (Å²) in [4.78, 5) is 33.6. The molecule has 1 rings (SSSR count). The number of H-pyrrole nitrogens is 1. The average molecular weight is 295 g/mol. The molecular weight excluding hydrogens is 287 g/mol. The molecule has 1 atom stereocenters. The predicted molar refractivity (Wildman–Crippen MR) is 57.0 cm³/mol. The lowest BCUT2D eigenvalue weighted by Crippen LogP contribution is -2.61. The molecule has 0 bridgehead atoms. The highest BCUT2D eigenvalue weighted by molar-refractivity contribution is 5.97. The van der Waals surface area contributed by atoms with Gasteiger partial charge in [0.05, 0.1) is 0 Å². The summed E-state index contributed by atoms with van der Waals surface area (Å²) >= 11 is 0. The molecule has 0 saturated carbocycles. The summed E-state index contributed by atoms with van der Waals surface area (Å²) in [5, 5.41) is 20.2. The fourth-order valence-corrected chi connectivity index (χ4v) is 1.16. The average Bonchev–Trinajstić information content (AvgIpc) is 2.76. The van der Waals surface area contributed by atoms with Crippen molar-refractivity contribution in [3.63, 3.8) is 0 Å². The van der Waals surface area contributed by atoms with Gasteiger partial charge >= 0.3 is 18.0 Å². The third-order valence-electron chi connectivity index (χ3n) is 2.47. The van der Waals surface area contributed by atoms with E-state index in [1.54, 1.807) is 0 Å². The molecular formula is C9H8F3N3O5. The molecule has 1 aromatic heterocycles. The quantitative estimate of drug-likeness (QED) is 0.565. The number of carboxylic acids is 1. The van der Waals surface area contributed by atoms with Crippen LogP contribution in [0, 0.1) is 10.1 Å². The van der Waals surface area contributed by atoms with Gasteiger partial charge < -0.3 is 20.5 Å². The number of aromatic nitrogens is 1. The van der Waals surface area contributed by atoms with Gasteiger partial charge in [-0.05, 0) is 17.9 Å². The van der Waals surface area contributed by atoms with Crippen molar-refractivity contribution < 1.29 is 32.8 Å². The van der Waals surface area contributed by atoms with Crippen molar-refractivity contribution in [1.82, 2.24) is 10.3 Å². The number of aliphatic carboxylic acids is 1. The van der Waals surface area contributed by atoms with Gasteiger partial charge in [0, 0.05) is 6.07 Å². The van der Waals surface area contributed by atoms with E-state index in [9.17, 15) is 32.9 Å². The number of aromatic amines is 1. The van der Waals surface area contributed by atoms with Crippen molar-refractivity contribution in [2.45, 2.75) is 18.6 Å². The zero-order valence-electron chi connectivity index (χ0n) is 9.82. The van der Waals surface area contributed by atoms with Crippen LogP contribution in [0.25, 0.3) is 0 Å². The lowest BCUT2D eigenvalue weighted by atomic mass is 10.0. The number of nitro groups is 1. The summed E-state index contributed by atoms with van der Waals surface area (Å²) in [6.07, 6.45) is -5.24. The number of nitrogens with zero attached hydrogens (tertiary/aromatic N) is 1. The zero-order chi connectivity index (χ0) is 15.7. The van der Waals surface area contributed by atoms with Crippen molar-refractivity contribution in [3.8, 4) is 0 Å². The number of nitrogens with one attached hydrogen (secondary N) is 2. The number of carbonyl (C=O) groups is 2.